The second-order valence-electron chi connectivity index (χ2n) is 5.63. The Balaban J connectivity index is 1.67. The van der Waals surface area contributed by atoms with Crippen LogP contribution in [-0.2, 0) is 11.5 Å². The van der Waals surface area contributed by atoms with Gasteiger partial charge in [0.25, 0.3) is 0 Å². The van der Waals surface area contributed by atoms with Gasteiger partial charge in [-0.05, 0) is 12.5 Å². The largest absolute Gasteiger partial charge is 0.482 e. The van der Waals surface area contributed by atoms with Crippen LogP contribution in [0.2, 0.25) is 0 Å². The van der Waals surface area contributed by atoms with Gasteiger partial charge in [-0.1, -0.05) is 48.0 Å². The second kappa shape index (κ2) is 7.81. The maximum absolute atomic E-state index is 9.42. The highest BCUT2D eigenvalue weighted by Crippen LogP contribution is 2.36. The third-order valence-corrected chi connectivity index (χ3v) is 5.71. The highest BCUT2D eigenvalue weighted by atomic mass is 32.2. The molecule has 118 valence electrons. The molecule has 4 heteroatoms. The number of benzene rings is 2. The first kappa shape index (κ1) is 16.3. The van der Waals surface area contributed by atoms with Crippen molar-refractivity contribution in [3.63, 3.8) is 0 Å². The first-order valence-electron chi connectivity index (χ1n) is 7.63. The second-order valence-corrected chi connectivity index (χ2v) is 7.59. The number of fused-ring (bicyclic) bond motifs is 1. The van der Waals surface area contributed by atoms with Crippen molar-refractivity contribution in [2.24, 2.45) is 0 Å². The number of rotatable bonds is 5. The average molecular weight is 342 g/mol. The van der Waals surface area contributed by atoms with Gasteiger partial charge in [0.05, 0.1) is 12.0 Å². The third-order valence-electron chi connectivity index (χ3n) is 3.83. The number of hydrogen-bond acceptors (Lipinski definition) is 4. The first-order valence-corrected chi connectivity index (χ1v) is 9.94. The number of hydrogen-bond donors (Lipinski definition) is 0. The Bertz CT molecular complexity index is 709. The van der Waals surface area contributed by atoms with Crippen LogP contribution in [0.5, 0.6) is 5.75 Å². The lowest BCUT2D eigenvalue weighted by atomic mass is 10.0. The van der Waals surface area contributed by atoms with Crippen LogP contribution in [-0.4, -0.2) is 11.7 Å². The Morgan fingerprint density at radius 3 is 2.91 bits per heavy atom. The Morgan fingerprint density at radius 2 is 2.13 bits per heavy atom. The van der Waals surface area contributed by atoms with E-state index in [9.17, 15) is 5.26 Å². The fourth-order valence-corrected chi connectivity index (χ4v) is 4.53. The van der Waals surface area contributed by atoms with Gasteiger partial charge in [-0.15, -0.1) is 11.8 Å². The molecule has 3 rings (SSSR count). The third kappa shape index (κ3) is 4.04. The Kier molecular flexibility index (Phi) is 5.53. The zero-order valence-electron chi connectivity index (χ0n) is 13.1. The molecule has 0 aromatic heterocycles. The maximum Gasteiger partial charge on any atom is 0.134 e. The summed E-state index contributed by atoms with van der Waals surface area (Å²) in [6, 6.07) is 16.9. The molecular formula is C19H19NOS2. The van der Waals surface area contributed by atoms with Gasteiger partial charge in [-0.25, -0.2) is 0 Å². The van der Waals surface area contributed by atoms with Crippen molar-refractivity contribution in [1.82, 2.24) is 0 Å². The summed E-state index contributed by atoms with van der Waals surface area (Å²) in [5.41, 5.74) is 4.94. The van der Waals surface area contributed by atoms with E-state index in [2.05, 4.69) is 25.1 Å². The fraction of sp³-hybridized carbons (Fsp3) is 0.316. The molecule has 0 aliphatic carbocycles. The summed E-state index contributed by atoms with van der Waals surface area (Å²) in [6.07, 6.45) is 0. The summed E-state index contributed by atoms with van der Waals surface area (Å²) in [6.45, 7) is 2.13. The lowest BCUT2D eigenvalue weighted by molar-refractivity contribution is 0.381. The highest BCUT2D eigenvalue weighted by molar-refractivity contribution is 7.98. The molecule has 0 N–H and O–H groups in total. The Hall–Kier alpha value is -1.57. The standard InChI is InChI=1S/C19H19NOS2/c1-14-7-16(19-17(8-14)11-23-13-21-19)10-22-12-18(9-20)15-5-3-2-4-6-15/h2-8,18H,10-13H2,1H3. The van der Waals surface area contributed by atoms with Crippen molar-refractivity contribution in [2.75, 3.05) is 11.7 Å². The topological polar surface area (TPSA) is 33.0 Å². The molecule has 2 aromatic rings. The van der Waals surface area contributed by atoms with Gasteiger partial charge in [-0.3, -0.25) is 0 Å². The van der Waals surface area contributed by atoms with E-state index in [4.69, 9.17) is 4.74 Å². The van der Waals surface area contributed by atoms with Crippen LogP contribution in [0.15, 0.2) is 42.5 Å². The number of aryl methyl sites for hydroxylation is 1. The van der Waals surface area contributed by atoms with Crippen LogP contribution in [0.4, 0.5) is 0 Å². The van der Waals surface area contributed by atoms with E-state index in [1.54, 1.807) is 11.8 Å². The molecule has 0 spiro atoms. The molecule has 0 radical (unpaired) electrons. The summed E-state index contributed by atoms with van der Waals surface area (Å²) in [4.78, 5) is 0. The Morgan fingerprint density at radius 1 is 1.30 bits per heavy atom. The normalized spacial score (nSPS) is 14.4. The monoisotopic (exact) mass is 341 g/mol. The van der Waals surface area contributed by atoms with Crippen LogP contribution >= 0.6 is 23.5 Å². The van der Waals surface area contributed by atoms with Crippen LogP contribution in [0.3, 0.4) is 0 Å². The molecule has 0 fully saturated rings. The molecule has 0 bridgehead atoms. The summed E-state index contributed by atoms with van der Waals surface area (Å²) in [7, 11) is 0. The van der Waals surface area contributed by atoms with Gasteiger partial charge in [0.15, 0.2) is 0 Å². The molecule has 2 aromatic carbocycles. The van der Waals surface area contributed by atoms with E-state index in [1.165, 1.54) is 16.7 Å². The van der Waals surface area contributed by atoms with Gasteiger partial charge in [0.2, 0.25) is 0 Å². The van der Waals surface area contributed by atoms with Crippen LogP contribution < -0.4 is 4.74 Å². The van der Waals surface area contributed by atoms with Crippen molar-refractivity contribution in [3.8, 4) is 11.8 Å². The lowest BCUT2D eigenvalue weighted by Gasteiger charge is -2.21. The van der Waals surface area contributed by atoms with Crippen molar-refractivity contribution < 1.29 is 4.74 Å². The molecule has 0 amide bonds. The molecule has 0 saturated heterocycles. The quantitative estimate of drug-likeness (QED) is 0.756. The van der Waals surface area contributed by atoms with Crippen LogP contribution in [0.25, 0.3) is 0 Å². The number of nitriles is 1. The number of nitrogens with zero attached hydrogens (tertiary/aromatic N) is 1. The molecule has 1 aliphatic rings. The Labute approximate surface area is 146 Å². The number of ether oxygens (including phenoxy) is 1. The molecule has 1 atom stereocenters. The maximum atomic E-state index is 9.42. The van der Waals surface area contributed by atoms with Crippen molar-refractivity contribution in [2.45, 2.75) is 24.3 Å². The van der Waals surface area contributed by atoms with Gasteiger partial charge in [0, 0.05) is 28.4 Å². The SMILES string of the molecule is Cc1cc2c(c(CSCC(C#N)c3ccccc3)c1)OCSC2. The van der Waals surface area contributed by atoms with E-state index in [1.807, 2.05) is 42.1 Å². The molecule has 0 saturated carbocycles. The van der Waals surface area contributed by atoms with Crippen molar-refractivity contribution in [1.29, 1.82) is 5.26 Å². The molecule has 1 heterocycles. The summed E-state index contributed by atoms with van der Waals surface area (Å²) >= 11 is 3.62. The van der Waals surface area contributed by atoms with Crippen LogP contribution in [0, 0.1) is 18.3 Å². The van der Waals surface area contributed by atoms with E-state index >= 15 is 0 Å². The summed E-state index contributed by atoms with van der Waals surface area (Å²) < 4.78 is 5.86. The molecule has 1 unspecified atom stereocenters. The summed E-state index contributed by atoms with van der Waals surface area (Å²) in [5, 5.41) is 9.42. The fourth-order valence-electron chi connectivity index (χ4n) is 2.76. The predicted octanol–water partition coefficient (Wildman–Crippen LogP) is 5.12. The summed E-state index contributed by atoms with van der Waals surface area (Å²) in [5.74, 6) is 4.46. The van der Waals surface area contributed by atoms with Crippen molar-refractivity contribution >= 4 is 23.5 Å². The van der Waals surface area contributed by atoms with Crippen molar-refractivity contribution in [3.05, 3.63) is 64.7 Å². The average Bonchev–Trinajstić information content (AvgIpc) is 2.59. The smallest absolute Gasteiger partial charge is 0.134 e. The minimum Gasteiger partial charge on any atom is -0.482 e. The van der Waals surface area contributed by atoms with E-state index in [0.717, 1.165) is 34.5 Å². The zero-order chi connectivity index (χ0) is 16.1. The van der Waals surface area contributed by atoms with Gasteiger partial charge in [0.1, 0.15) is 11.7 Å². The first-order chi connectivity index (χ1) is 11.3. The molecular weight excluding hydrogens is 322 g/mol. The van der Waals surface area contributed by atoms with Gasteiger partial charge >= 0.3 is 0 Å². The van der Waals surface area contributed by atoms with Crippen LogP contribution in [0.1, 0.15) is 28.2 Å². The molecule has 2 nitrogen and oxygen atoms in total. The minimum atomic E-state index is -0.0571. The number of thioether (sulfide) groups is 2. The predicted molar refractivity (Wildman–Crippen MR) is 98.9 cm³/mol. The molecule has 23 heavy (non-hydrogen) atoms. The lowest BCUT2D eigenvalue weighted by Crippen LogP contribution is -2.07. The van der Waals surface area contributed by atoms with E-state index < -0.39 is 0 Å². The van der Waals surface area contributed by atoms with Gasteiger partial charge in [-0.2, -0.15) is 17.0 Å². The molecule has 1 aliphatic heterocycles. The van der Waals surface area contributed by atoms with E-state index in [-0.39, 0.29) is 5.92 Å². The highest BCUT2D eigenvalue weighted by Gasteiger charge is 2.17. The van der Waals surface area contributed by atoms with Gasteiger partial charge < -0.3 is 4.74 Å². The van der Waals surface area contributed by atoms with E-state index in [0.29, 0.717) is 0 Å². The zero-order valence-corrected chi connectivity index (χ0v) is 14.8. The minimum absolute atomic E-state index is 0.0571.